The minimum absolute atomic E-state index is 0.156. The number of rotatable bonds is 4. The zero-order valence-electron chi connectivity index (χ0n) is 12.2. The van der Waals surface area contributed by atoms with Crippen LogP contribution in [0, 0.1) is 12.8 Å². The number of methoxy groups -OCH3 is 1. The lowest BCUT2D eigenvalue weighted by atomic mass is 10.1. The Morgan fingerprint density at radius 2 is 2.19 bits per heavy atom. The quantitative estimate of drug-likeness (QED) is 0.829. The van der Waals surface area contributed by atoms with Crippen molar-refractivity contribution in [1.29, 1.82) is 0 Å². The van der Waals surface area contributed by atoms with Gasteiger partial charge in [0, 0.05) is 13.1 Å². The van der Waals surface area contributed by atoms with Gasteiger partial charge in [0.15, 0.2) is 0 Å². The fourth-order valence-electron chi connectivity index (χ4n) is 2.57. The van der Waals surface area contributed by atoms with Crippen LogP contribution in [0.25, 0.3) is 0 Å². The molecule has 21 heavy (non-hydrogen) atoms. The molecule has 0 amide bonds. The first kappa shape index (κ1) is 15.9. The molecule has 1 atom stereocenters. The van der Waals surface area contributed by atoms with Gasteiger partial charge in [0.2, 0.25) is 10.0 Å². The van der Waals surface area contributed by atoms with Crippen molar-refractivity contribution in [2.24, 2.45) is 11.7 Å². The number of hydrogen-bond acceptors (Lipinski definition) is 5. The summed E-state index contributed by atoms with van der Waals surface area (Å²) in [5.41, 5.74) is 6.30. The van der Waals surface area contributed by atoms with Crippen LogP contribution in [0.5, 0.6) is 0 Å². The van der Waals surface area contributed by atoms with Crippen molar-refractivity contribution in [2.45, 2.75) is 18.2 Å². The summed E-state index contributed by atoms with van der Waals surface area (Å²) in [5, 5.41) is 0. The molecule has 1 unspecified atom stereocenters. The average Bonchev–Trinajstić information content (AvgIpc) is 2.96. The molecule has 6 nitrogen and oxygen atoms in total. The molecule has 0 bridgehead atoms. The molecule has 1 saturated heterocycles. The maximum Gasteiger partial charge on any atom is 0.338 e. The summed E-state index contributed by atoms with van der Waals surface area (Å²) >= 11 is 0. The molecule has 0 saturated carbocycles. The van der Waals surface area contributed by atoms with Gasteiger partial charge >= 0.3 is 5.97 Å². The molecular weight excluding hydrogens is 292 g/mol. The van der Waals surface area contributed by atoms with Crippen LogP contribution >= 0.6 is 0 Å². The molecule has 0 spiro atoms. The van der Waals surface area contributed by atoms with Crippen LogP contribution in [0.15, 0.2) is 23.1 Å². The highest BCUT2D eigenvalue weighted by Gasteiger charge is 2.33. The number of carbonyl (C=O) groups is 1. The van der Waals surface area contributed by atoms with E-state index in [0.29, 0.717) is 25.2 Å². The maximum absolute atomic E-state index is 12.7. The van der Waals surface area contributed by atoms with Crippen molar-refractivity contribution in [2.75, 3.05) is 26.7 Å². The number of esters is 1. The van der Waals surface area contributed by atoms with Gasteiger partial charge in [0.1, 0.15) is 0 Å². The summed E-state index contributed by atoms with van der Waals surface area (Å²) in [6, 6.07) is 4.64. The van der Waals surface area contributed by atoms with Crippen LogP contribution in [-0.2, 0) is 14.8 Å². The Morgan fingerprint density at radius 1 is 1.48 bits per heavy atom. The number of nitrogens with zero attached hydrogens (tertiary/aromatic N) is 1. The summed E-state index contributed by atoms with van der Waals surface area (Å²) in [5.74, 6) is -0.338. The van der Waals surface area contributed by atoms with E-state index in [0.717, 1.165) is 6.42 Å². The van der Waals surface area contributed by atoms with E-state index in [1.54, 1.807) is 19.1 Å². The standard InChI is InChI=1S/C14H20N2O4S/c1-10-12(14(17)20-2)4-3-5-13(10)21(18,19)16-7-6-11(8-15)9-16/h3-5,11H,6-9,15H2,1-2H3. The van der Waals surface area contributed by atoms with Gasteiger partial charge < -0.3 is 10.5 Å². The smallest absolute Gasteiger partial charge is 0.338 e. The highest BCUT2D eigenvalue weighted by molar-refractivity contribution is 7.89. The van der Waals surface area contributed by atoms with Gasteiger partial charge in [-0.1, -0.05) is 6.07 Å². The predicted octanol–water partition coefficient (Wildman–Crippen LogP) is 0.751. The van der Waals surface area contributed by atoms with Crippen molar-refractivity contribution in [3.63, 3.8) is 0 Å². The number of nitrogens with two attached hydrogens (primary N) is 1. The Morgan fingerprint density at radius 3 is 2.76 bits per heavy atom. The third-order valence-corrected chi connectivity index (χ3v) is 5.90. The van der Waals surface area contributed by atoms with Crippen molar-refractivity contribution in [3.05, 3.63) is 29.3 Å². The zero-order valence-corrected chi connectivity index (χ0v) is 13.0. The lowest BCUT2D eigenvalue weighted by molar-refractivity contribution is 0.0599. The summed E-state index contributed by atoms with van der Waals surface area (Å²) in [6.07, 6.45) is 0.769. The van der Waals surface area contributed by atoms with E-state index in [1.165, 1.54) is 17.5 Å². The van der Waals surface area contributed by atoms with Crippen LogP contribution in [0.1, 0.15) is 22.3 Å². The molecule has 116 valence electrons. The van der Waals surface area contributed by atoms with Crippen LogP contribution in [0.4, 0.5) is 0 Å². The van der Waals surface area contributed by atoms with Crippen LogP contribution < -0.4 is 5.73 Å². The molecule has 1 aromatic carbocycles. The second-order valence-electron chi connectivity index (χ2n) is 5.17. The van der Waals surface area contributed by atoms with E-state index in [1.807, 2.05) is 0 Å². The van der Waals surface area contributed by atoms with E-state index < -0.39 is 16.0 Å². The fraction of sp³-hybridized carbons (Fsp3) is 0.500. The van der Waals surface area contributed by atoms with Crippen molar-refractivity contribution in [3.8, 4) is 0 Å². The first-order valence-corrected chi connectivity index (χ1v) is 8.24. The molecule has 1 fully saturated rings. The molecule has 0 radical (unpaired) electrons. The molecule has 0 aromatic heterocycles. The van der Waals surface area contributed by atoms with Crippen LogP contribution in [0.2, 0.25) is 0 Å². The SMILES string of the molecule is COC(=O)c1cccc(S(=O)(=O)N2CCC(CN)C2)c1C. The molecule has 7 heteroatoms. The van der Waals surface area contributed by atoms with Gasteiger partial charge in [-0.3, -0.25) is 0 Å². The third kappa shape index (κ3) is 2.95. The Kier molecular flexibility index (Phi) is 4.65. The topological polar surface area (TPSA) is 89.7 Å². The maximum atomic E-state index is 12.7. The normalized spacial score (nSPS) is 19.7. The second kappa shape index (κ2) is 6.13. The van der Waals surface area contributed by atoms with Crippen molar-refractivity contribution >= 4 is 16.0 Å². The largest absolute Gasteiger partial charge is 0.465 e. The first-order chi connectivity index (χ1) is 9.91. The molecule has 2 rings (SSSR count). The first-order valence-electron chi connectivity index (χ1n) is 6.80. The average molecular weight is 312 g/mol. The van der Waals surface area contributed by atoms with Gasteiger partial charge in [-0.25, -0.2) is 13.2 Å². The summed E-state index contributed by atoms with van der Waals surface area (Å²) in [7, 11) is -2.33. The number of carbonyl (C=O) groups excluding carboxylic acids is 1. The molecule has 1 heterocycles. The van der Waals surface area contributed by atoms with E-state index >= 15 is 0 Å². The van der Waals surface area contributed by atoms with Crippen LogP contribution in [-0.4, -0.2) is 45.4 Å². The number of sulfonamides is 1. The Bertz CT molecular complexity index is 642. The third-order valence-electron chi connectivity index (χ3n) is 3.89. The van der Waals surface area contributed by atoms with Crippen molar-refractivity contribution < 1.29 is 17.9 Å². The lowest BCUT2D eigenvalue weighted by Crippen LogP contribution is -2.30. The fourth-order valence-corrected chi connectivity index (χ4v) is 4.35. The lowest BCUT2D eigenvalue weighted by Gasteiger charge is -2.18. The molecule has 0 aliphatic carbocycles. The molecule has 1 aromatic rings. The van der Waals surface area contributed by atoms with E-state index in [4.69, 9.17) is 5.73 Å². The minimum atomic E-state index is -3.61. The Hall–Kier alpha value is -1.44. The summed E-state index contributed by atoms with van der Waals surface area (Å²) in [4.78, 5) is 11.8. The van der Waals surface area contributed by atoms with Gasteiger partial charge in [-0.2, -0.15) is 4.31 Å². The minimum Gasteiger partial charge on any atom is -0.465 e. The van der Waals surface area contributed by atoms with Gasteiger partial charge in [0.05, 0.1) is 17.6 Å². The van der Waals surface area contributed by atoms with Crippen LogP contribution in [0.3, 0.4) is 0 Å². The number of hydrogen-bond donors (Lipinski definition) is 1. The predicted molar refractivity (Wildman–Crippen MR) is 78.4 cm³/mol. The molecule has 1 aliphatic heterocycles. The summed E-state index contributed by atoms with van der Waals surface area (Å²) < 4.78 is 31.5. The van der Waals surface area contributed by atoms with Gasteiger partial charge in [-0.05, 0) is 43.5 Å². The highest BCUT2D eigenvalue weighted by atomic mass is 32.2. The zero-order chi connectivity index (χ0) is 15.6. The van der Waals surface area contributed by atoms with E-state index in [9.17, 15) is 13.2 Å². The molecule has 2 N–H and O–H groups in total. The number of ether oxygens (including phenoxy) is 1. The number of benzene rings is 1. The Balaban J connectivity index is 2.40. The van der Waals surface area contributed by atoms with E-state index in [2.05, 4.69) is 4.74 Å². The van der Waals surface area contributed by atoms with Gasteiger partial charge in [-0.15, -0.1) is 0 Å². The second-order valence-corrected chi connectivity index (χ2v) is 7.08. The Labute approximate surface area is 124 Å². The highest BCUT2D eigenvalue weighted by Crippen LogP contribution is 2.27. The van der Waals surface area contributed by atoms with E-state index in [-0.39, 0.29) is 16.4 Å². The van der Waals surface area contributed by atoms with Gasteiger partial charge in [0.25, 0.3) is 0 Å². The summed E-state index contributed by atoms with van der Waals surface area (Å²) in [6.45, 7) is 3.00. The molecule has 1 aliphatic rings. The van der Waals surface area contributed by atoms with Crippen molar-refractivity contribution in [1.82, 2.24) is 4.31 Å². The monoisotopic (exact) mass is 312 g/mol. The molecular formula is C14H20N2O4S.